The van der Waals surface area contributed by atoms with Crippen LogP contribution >= 0.6 is 0 Å². The summed E-state index contributed by atoms with van der Waals surface area (Å²) < 4.78 is 5.50. The van der Waals surface area contributed by atoms with Gasteiger partial charge in [-0.1, -0.05) is 50.2 Å². The van der Waals surface area contributed by atoms with Gasteiger partial charge in [-0.05, 0) is 97.1 Å². The van der Waals surface area contributed by atoms with Gasteiger partial charge in [0.1, 0.15) is 5.75 Å². The van der Waals surface area contributed by atoms with Crippen molar-refractivity contribution in [3.05, 3.63) is 65.2 Å². The fourth-order valence-electron chi connectivity index (χ4n) is 7.52. The summed E-state index contributed by atoms with van der Waals surface area (Å²) in [6, 6.07) is 18.7. The minimum atomic E-state index is 0.468. The van der Waals surface area contributed by atoms with E-state index in [4.69, 9.17) is 4.74 Å². The Labute approximate surface area is 182 Å². The summed E-state index contributed by atoms with van der Waals surface area (Å²) >= 11 is 0. The number of nitrogens with zero attached hydrogens (tertiary/aromatic N) is 1. The molecule has 2 fully saturated rings. The molecule has 0 aromatic heterocycles. The van der Waals surface area contributed by atoms with Crippen LogP contribution < -0.4 is 4.74 Å². The van der Waals surface area contributed by atoms with Crippen LogP contribution in [0.15, 0.2) is 48.5 Å². The van der Waals surface area contributed by atoms with Crippen LogP contribution in [0.2, 0.25) is 0 Å². The van der Waals surface area contributed by atoms with Crippen LogP contribution in [0.1, 0.15) is 68.6 Å². The molecule has 0 aliphatic heterocycles. The Hall–Kier alpha value is -1.80. The molecule has 5 rings (SSSR count). The van der Waals surface area contributed by atoms with Crippen LogP contribution in [0.3, 0.4) is 0 Å². The lowest BCUT2D eigenvalue weighted by molar-refractivity contribution is -0.00169. The molecule has 2 saturated carbocycles. The van der Waals surface area contributed by atoms with Crippen LogP contribution in [-0.4, -0.2) is 24.6 Å². The van der Waals surface area contributed by atoms with E-state index in [2.05, 4.69) is 67.3 Å². The summed E-state index contributed by atoms with van der Waals surface area (Å²) in [6.07, 6.45) is 8.12. The SMILES string of the molecule is CCN(Cc1ccccc1)[C@H]1CC[C@H]2[C@@H]3CCc4cc(OC)ccc4[C@H]3CC[C@]12C. The highest BCUT2D eigenvalue weighted by Gasteiger charge is 2.55. The second-order valence-electron chi connectivity index (χ2n) is 10.2. The van der Waals surface area contributed by atoms with Crippen LogP contribution in [0.25, 0.3) is 0 Å². The molecule has 0 N–H and O–H groups in total. The maximum Gasteiger partial charge on any atom is 0.119 e. The van der Waals surface area contributed by atoms with Crippen LogP contribution in [0.4, 0.5) is 0 Å². The Morgan fingerprint density at radius 2 is 1.87 bits per heavy atom. The summed E-state index contributed by atoms with van der Waals surface area (Å²) in [7, 11) is 1.78. The molecule has 0 unspecified atom stereocenters. The van der Waals surface area contributed by atoms with E-state index >= 15 is 0 Å². The molecule has 2 nitrogen and oxygen atoms in total. The topological polar surface area (TPSA) is 12.5 Å². The quantitative estimate of drug-likeness (QED) is 0.569. The van der Waals surface area contributed by atoms with Crippen LogP contribution in [-0.2, 0) is 13.0 Å². The van der Waals surface area contributed by atoms with Crippen molar-refractivity contribution in [3.63, 3.8) is 0 Å². The van der Waals surface area contributed by atoms with E-state index in [1.807, 2.05) is 0 Å². The zero-order valence-electron chi connectivity index (χ0n) is 18.9. The van der Waals surface area contributed by atoms with Crippen LogP contribution in [0, 0.1) is 17.3 Å². The highest BCUT2D eigenvalue weighted by Crippen LogP contribution is 2.62. The number of hydrogen-bond donors (Lipinski definition) is 0. The molecule has 3 aliphatic carbocycles. The molecule has 0 heterocycles. The van der Waals surface area contributed by atoms with Gasteiger partial charge in [0.05, 0.1) is 7.11 Å². The van der Waals surface area contributed by atoms with Crippen molar-refractivity contribution in [2.75, 3.05) is 13.7 Å². The lowest BCUT2D eigenvalue weighted by Crippen LogP contribution is -2.50. The summed E-state index contributed by atoms with van der Waals surface area (Å²) in [5, 5.41) is 0. The third-order valence-corrected chi connectivity index (χ3v) is 8.96. The first-order chi connectivity index (χ1) is 14.6. The number of ether oxygens (including phenoxy) is 1. The molecule has 0 spiro atoms. The molecule has 2 aromatic rings. The van der Waals surface area contributed by atoms with Gasteiger partial charge in [0, 0.05) is 12.6 Å². The third-order valence-electron chi connectivity index (χ3n) is 8.96. The van der Waals surface area contributed by atoms with E-state index in [-0.39, 0.29) is 0 Å². The van der Waals surface area contributed by atoms with E-state index in [9.17, 15) is 0 Å². The Kier molecular flexibility index (Phi) is 5.39. The van der Waals surface area contributed by atoms with Crippen molar-refractivity contribution in [1.82, 2.24) is 4.90 Å². The van der Waals surface area contributed by atoms with Gasteiger partial charge < -0.3 is 4.74 Å². The maximum absolute atomic E-state index is 5.50. The van der Waals surface area contributed by atoms with Crippen molar-refractivity contribution in [2.24, 2.45) is 17.3 Å². The van der Waals surface area contributed by atoms with E-state index in [0.717, 1.165) is 42.6 Å². The maximum atomic E-state index is 5.50. The van der Waals surface area contributed by atoms with Gasteiger partial charge in [0.15, 0.2) is 0 Å². The first kappa shape index (κ1) is 20.1. The number of hydrogen-bond acceptors (Lipinski definition) is 2. The number of methoxy groups -OCH3 is 1. The first-order valence-electron chi connectivity index (χ1n) is 12.1. The third kappa shape index (κ3) is 3.28. The largest absolute Gasteiger partial charge is 0.497 e. The molecule has 0 saturated heterocycles. The number of rotatable bonds is 5. The highest BCUT2D eigenvalue weighted by molar-refractivity contribution is 5.40. The Morgan fingerprint density at radius 3 is 2.63 bits per heavy atom. The lowest BCUT2D eigenvalue weighted by atomic mass is 9.55. The number of aryl methyl sites for hydroxylation is 1. The molecule has 0 amide bonds. The van der Waals surface area contributed by atoms with E-state index in [1.165, 1.54) is 44.1 Å². The van der Waals surface area contributed by atoms with E-state index < -0.39 is 0 Å². The van der Waals surface area contributed by atoms with Gasteiger partial charge in [0.2, 0.25) is 0 Å². The summed E-state index contributed by atoms with van der Waals surface area (Å²) in [5.41, 5.74) is 5.11. The fraction of sp³-hybridized carbons (Fsp3) is 0.571. The molecular weight excluding hydrogens is 366 g/mol. The molecular formula is C28H37NO. The second kappa shape index (κ2) is 8.04. The van der Waals surface area contributed by atoms with Crippen LogP contribution in [0.5, 0.6) is 5.75 Å². The molecule has 2 aromatic carbocycles. The normalized spacial score (nSPS) is 32.4. The summed E-state index contributed by atoms with van der Waals surface area (Å²) in [6.45, 7) is 7.25. The van der Waals surface area contributed by atoms with Crippen molar-refractivity contribution in [1.29, 1.82) is 0 Å². The number of benzene rings is 2. The van der Waals surface area contributed by atoms with Crippen molar-refractivity contribution >= 4 is 0 Å². The Morgan fingerprint density at radius 1 is 1.03 bits per heavy atom. The zero-order valence-corrected chi connectivity index (χ0v) is 18.9. The van der Waals surface area contributed by atoms with Gasteiger partial charge in [-0.15, -0.1) is 0 Å². The minimum Gasteiger partial charge on any atom is -0.497 e. The molecule has 30 heavy (non-hydrogen) atoms. The Balaban J connectivity index is 1.38. The predicted octanol–water partition coefficient (Wildman–Crippen LogP) is 6.44. The summed E-state index contributed by atoms with van der Waals surface area (Å²) in [4.78, 5) is 2.79. The van der Waals surface area contributed by atoms with Gasteiger partial charge in [-0.2, -0.15) is 0 Å². The van der Waals surface area contributed by atoms with E-state index in [0.29, 0.717) is 5.41 Å². The summed E-state index contributed by atoms with van der Waals surface area (Å²) in [5.74, 6) is 3.53. The van der Waals surface area contributed by atoms with Crippen molar-refractivity contribution in [3.8, 4) is 5.75 Å². The minimum absolute atomic E-state index is 0.468. The molecule has 0 radical (unpaired) electrons. The fourth-order valence-corrected chi connectivity index (χ4v) is 7.52. The number of fused-ring (bicyclic) bond motifs is 5. The van der Waals surface area contributed by atoms with Gasteiger partial charge in [-0.3, -0.25) is 4.90 Å². The smallest absolute Gasteiger partial charge is 0.119 e. The average Bonchev–Trinajstić information content (AvgIpc) is 3.14. The van der Waals surface area contributed by atoms with Gasteiger partial charge in [-0.25, -0.2) is 0 Å². The van der Waals surface area contributed by atoms with Gasteiger partial charge in [0.25, 0.3) is 0 Å². The molecule has 160 valence electrons. The van der Waals surface area contributed by atoms with Crippen molar-refractivity contribution < 1.29 is 4.74 Å². The molecule has 2 heteroatoms. The second-order valence-corrected chi connectivity index (χ2v) is 10.2. The Bertz CT molecular complexity index is 877. The zero-order chi connectivity index (χ0) is 20.7. The highest BCUT2D eigenvalue weighted by atomic mass is 16.5. The standard InChI is InChI=1S/C28H37NO/c1-4-29(19-20-8-6-5-7-9-20)27-15-14-26-25-12-10-21-18-22(30-3)11-13-23(21)24(25)16-17-28(26,27)2/h5-9,11,13,18,24-27H,4,10,12,14-17,19H2,1-3H3/t24-,25-,26+,27+,28+/m1/s1. The van der Waals surface area contributed by atoms with Gasteiger partial charge >= 0.3 is 0 Å². The molecule has 5 atom stereocenters. The lowest BCUT2D eigenvalue weighted by Gasteiger charge is -2.52. The molecule has 0 bridgehead atoms. The first-order valence-corrected chi connectivity index (χ1v) is 12.1. The monoisotopic (exact) mass is 403 g/mol. The predicted molar refractivity (Wildman–Crippen MR) is 124 cm³/mol. The van der Waals surface area contributed by atoms with E-state index in [1.54, 1.807) is 18.2 Å². The molecule has 3 aliphatic rings. The average molecular weight is 404 g/mol. The van der Waals surface area contributed by atoms with Crippen molar-refractivity contribution in [2.45, 2.75) is 70.9 Å².